The van der Waals surface area contributed by atoms with E-state index in [2.05, 4.69) is 37.1 Å². The molecule has 1 aromatic carbocycles. The SMILES string of the molecule is Cc1ccc(C)c(C(N)c2cnn3ccccc23)c1. The Morgan fingerprint density at radius 2 is 1.95 bits per heavy atom. The molecular formula is C16H17N3. The lowest BCUT2D eigenvalue weighted by Crippen LogP contribution is -2.13. The van der Waals surface area contributed by atoms with E-state index in [0.29, 0.717) is 0 Å². The third kappa shape index (κ3) is 2.02. The van der Waals surface area contributed by atoms with Crippen molar-refractivity contribution in [1.82, 2.24) is 9.61 Å². The van der Waals surface area contributed by atoms with Gasteiger partial charge < -0.3 is 5.73 Å². The van der Waals surface area contributed by atoms with Gasteiger partial charge in [0.25, 0.3) is 0 Å². The number of hydrogen-bond acceptors (Lipinski definition) is 2. The minimum Gasteiger partial charge on any atom is -0.320 e. The van der Waals surface area contributed by atoms with Gasteiger partial charge in [-0.15, -0.1) is 0 Å². The van der Waals surface area contributed by atoms with E-state index < -0.39 is 0 Å². The summed E-state index contributed by atoms with van der Waals surface area (Å²) >= 11 is 0. The van der Waals surface area contributed by atoms with Crippen LogP contribution in [0, 0.1) is 13.8 Å². The van der Waals surface area contributed by atoms with Crippen LogP contribution in [-0.4, -0.2) is 9.61 Å². The van der Waals surface area contributed by atoms with E-state index in [1.165, 1.54) is 16.7 Å². The summed E-state index contributed by atoms with van der Waals surface area (Å²) in [5.41, 5.74) is 12.2. The highest BCUT2D eigenvalue weighted by atomic mass is 15.2. The molecule has 3 aromatic rings. The topological polar surface area (TPSA) is 43.3 Å². The third-order valence-corrected chi connectivity index (χ3v) is 3.56. The van der Waals surface area contributed by atoms with E-state index in [1.54, 1.807) is 0 Å². The van der Waals surface area contributed by atoms with E-state index >= 15 is 0 Å². The number of nitrogens with two attached hydrogens (primary N) is 1. The number of benzene rings is 1. The average Bonchev–Trinajstić information content (AvgIpc) is 2.84. The summed E-state index contributed by atoms with van der Waals surface area (Å²) < 4.78 is 1.86. The van der Waals surface area contributed by atoms with Crippen LogP contribution in [0.1, 0.15) is 28.3 Å². The molecule has 0 saturated carbocycles. The average molecular weight is 251 g/mol. The number of aromatic nitrogens is 2. The molecule has 0 aliphatic carbocycles. The van der Waals surface area contributed by atoms with Crippen LogP contribution in [0.3, 0.4) is 0 Å². The number of aryl methyl sites for hydroxylation is 2. The van der Waals surface area contributed by atoms with Crippen molar-refractivity contribution in [3.63, 3.8) is 0 Å². The summed E-state index contributed by atoms with van der Waals surface area (Å²) in [7, 11) is 0. The summed E-state index contributed by atoms with van der Waals surface area (Å²) in [4.78, 5) is 0. The molecule has 0 bridgehead atoms. The van der Waals surface area contributed by atoms with Crippen molar-refractivity contribution in [3.05, 3.63) is 71.0 Å². The predicted octanol–water partition coefficient (Wildman–Crippen LogP) is 3.00. The molecule has 3 heteroatoms. The molecule has 2 N–H and O–H groups in total. The molecule has 0 amide bonds. The maximum Gasteiger partial charge on any atom is 0.0712 e. The molecule has 0 saturated heterocycles. The Morgan fingerprint density at radius 1 is 1.11 bits per heavy atom. The van der Waals surface area contributed by atoms with Gasteiger partial charge in [-0.25, -0.2) is 4.52 Å². The van der Waals surface area contributed by atoms with Crippen LogP contribution in [0.2, 0.25) is 0 Å². The Hall–Kier alpha value is -2.13. The highest BCUT2D eigenvalue weighted by Gasteiger charge is 2.16. The normalized spacial score (nSPS) is 12.8. The number of hydrogen-bond donors (Lipinski definition) is 1. The molecule has 3 nitrogen and oxygen atoms in total. The van der Waals surface area contributed by atoms with E-state index in [9.17, 15) is 0 Å². The second-order valence-corrected chi connectivity index (χ2v) is 4.97. The second kappa shape index (κ2) is 4.52. The molecule has 0 aliphatic heterocycles. The van der Waals surface area contributed by atoms with Crippen LogP contribution in [0.15, 0.2) is 48.8 Å². The first kappa shape index (κ1) is 11.9. The Balaban J connectivity index is 2.13. The van der Waals surface area contributed by atoms with Crippen LogP contribution in [0.4, 0.5) is 0 Å². The molecular weight excluding hydrogens is 234 g/mol. The van der Waals surface area contributed by atoms with Crippen LogP contribution in [0.25, 0.3) is 5.52 Å². The molecule has 96 valence electrons. The number of rotatable bonds is 2. The van der Waals surface area contributed by atoms with Gasteiger partial charge >= 0.3 is 0 Å². The zero-order valence-electron chi connectivity index (χ0n) is 11.2. The van der Waals surface area contributed by atoms with Crippen molar-refractivity contribution in [2.75, 3.05) is 0 Å². The van der Waals surface area contributed by atoms with Crippen molar-refractivity contribution < 1.29 is 0 Å². The summed E-state index contributed by atoms with van der Waals surface area (Å²) in [5, 5.41) is 4.35. The molecule has 0 fully saturated rings. The molecule has 1 unspecified atom stereocenters. The Morgan fingerprint density at radius 3 is 2.79 bits per heavy atom. The molecule has 2 aromatic heterocycles. The quantitative estimate of drug-likeness (QED) is 0.761. The number of pyridine rings is 1. The molecule has 2 heterocycles. The smallest absolute Gasteiger partial charge is 0.0712 e. The van der Waals surface area contributed by atoms with E-state index in [-0.39, 0.29) is 6.04 Å². The zero-order valence-corrected chi connectivity index (χ0v) is 11.2. The maximum atomic E-state index is 6.44. The molecule has 0 aliphatic rings. The van der Waals surface area contributed by atoms with Gasteiger partial charge in [0.05, 0.1) is 17.8 Å². The Bertz CT molecular complexity index is 728. The highest BCUT2D eigenvalue weighted by Crippen LogP contribution is 2.26. The lowest BCUT2D eigenvalue weighted by Gasteiger charge is -2.14. The first-order chi connectivity index (χ1) is 9.16. The van der Waals surface area contributed by atoms with Gasteiger partial charge in [-0.1, -0.05) is 29.8 Å². The van der Waals surface area contributed by atoms with Crippen molar-refractivity contribution in [2.24, 2.45) is 5.73 Å². The van der Waals surface area contributed by atoms with Crippen LogP contribution in [0.5, 0.6) is 0 Å². The first-order valence-corrected chi connectivity index (χ1v) is 6.42. The van der Waals surface area contributed by atoms with Gasteiger partial charge in [-0.2, -0.15) is 5.10 Å². The van der Waals surface area contributed by atoms with Crippen molar-refractivity contribution in [2.45, 2.75) is 19.9 Å². The fraction of sp³-hybridized carbons (Fsp3) is 0.188. The van der Waals surface area contributed by atoms with Gasteiger partial charge in [0, 0.05) is 11.8 Å². The number of nitrogens with zero attached hydrogens (tertiary/aromatic N) is 2. The van der Waals surface area contributed by atoms with E-state index in [0.717, 1.165) is 11.1 Å². The fourth-order valence-electron chi connectivity index (χ4n) is 2.46. The standard InChI is InChI=1S/C16H17N3/c1-11-6-7-12(2)13(9-11)16(17)14-10-18-19-8-4-3-5-15(14)19/h3-10,16H,17H2,1-2H3. The van der Waals surface area contributed by atoms with Gasteiger partial charge in [-0.05, 0) is 37.1 Å². The molecule has 19 heavy (non-hydrogen) atoms. The monoisotopic (exact) mass is 251 g/mol. The second-order valence-electron chi connectivity index (χ2n) is 4.97. The van der Waals surface area contributed by atoms with E-state index in [4.69, 9.17) is 5.73 Å². The summed E-state index contributed by atoms with van der Waals surface area (Å²) in [6, 6.07) is 12.3. The molecule has 0 spiro atoms. The fourth-order valence-corrected chi connectivity index (χ4v) is 2.46. The van der Waals surface area contributed by atoms with Crippen molar-refractivity contribution in [3.8, 4) is 0 Å². The van der Waals surface area contributed by atoms with Gasteiger partial charge in [0.1, 0.15) is 0 Å². The van der Waals surface area contributed by atoms with Crippen LogP contribution >= 0.6 is 0 Å². The maximum absolute atomic E-state index is 6.44. The van der Waals surface area contributed by atoms with Crippen LogP contribution in [-0.2, 0) is 0 Å². The van der Waals surface area contributed by atoms with Gasteiger partial charge in [0.15, 0.2) is 0 Å². The molecule has 0 radical (unpaired) electrons. The van der Waals surface area contributed by atoms with Gasteiger partial charge in [-0.3, -0.25) is 0 Å². The van der Waals surface area contributed by atoms with Crippen molar-refractivity contribution in [1.29, 1.82) is 0 Å². The third-order valence-electron chi connectivity index (χ3n) is 3.56. The molecule has 1 atom stereocenters. The van der Waals surface area contributed by atoms with Crippen molar-refractivity contribution >= 4 is 5.52 Å². The largest absolute Gasteiger partial charge is 0.320 e. The predicted molar refractivity (Wildman–Crippen MR) is 77.1 cm³/mol. The van der Waals surface area contributed by atoms with Crippen LogP contribution < -0.4 is 5.73 Å². The summed E-state index contributed by atoms with van der Waals surface area (Å²) in [6.07, 6.45) is 3.80. The minimum atomic E-state index is -0.139. The van der Waals surface area contributed by atoms with Gasteiger partial charge in [0.2, 0.25) is 0 Å². The van der Waals surface area contributed by atoms with E-state index in [1.807, 2.05) is 35.1 Å². The Kier molecular flexibility index (Phi) is 2.84. The summed E-state index contributed by atoms with van der Waals surface area (Å²) in [6.45, 7) is 4.19. The highest BCUT2D eigenvalue weighted by molar-refractivity contribution is 5.57. The minimum absolute atomic E-state index is 0.139. The Labute approximate surface area is 112 Å². The summed E-state index contributed by atoms with van der Waals surface area (Å²) in [5.74, 6) is 0. The number of fused-ring (bicyclic) bond motifs is 1. The molecule has 3 rings (SSSR count). The lowest BCUT2D eigenvalue weighted by atomic mass is 9.95. The first-order valence-electron chi connectivity index (χ1n) is 6.42. The zero-order chi connectivity index (χ0) is 13.4. The lowest BCUT2D eigenvalue weighted by molar-refractivity contribution is 0.868.